The fraction of sp³-hybridized carbons (Fsp3) is 0.0682. The second-order valence-corrected chi connectivity index (χ2v) is 12.6. The fourth-order valence-corrected chi connectivity index (χ4v) is 7.23. The molecule has 47 heavy (non-hydrogen) atoms. The van der Waals surface area contributed by atoms with Gasteiger partial charge in [0.1, 0.15) is 0 Å². The van der Waals surface area contributed by atoms with Gasteiger partial charge in [0.2, 0.25) is 0 Å². The predicted molar refractivity (Wildman–Crippen MR) is 192 cm³/mol. The average Bonchev–Trinajstić information content (AvgIpc) is 3.14. The van der Waals surface area contributed by atoms with Crippen LogP contribution in [-0.2, 0) is 0 Å². The summed E-state index contributed by atoms with van der Waals surface area (Å²) >= 11 is 0. The summed E-state index contributed by atoms with van der Waals surface area (Å²) in [6.45, 7) is 2.13. The lowest BCUT2D eigenvalue weighted by molar-refractivity contribution is 0.566. The van der Waals surface area contributed by atoms with Gasteiger partial charge in [0.05, 0.1) is 0 Å². The molecule has 4 aliphatic carbocycles. The number of allylic oxidation sites excluding steroid dienone is 14. The molecule has 4 aromatic carbocycles. The van der Waals surface area contributed by atoms with E-state index in [1.165, 1.54) is 33.4 Å². The minimum absolute atomic E-state index is 0.300. The van der Waals surface area contributed by atoms with Gasteiger partial charge in [-0.1, -0.05) is 145 Å². The van der Waals surface area contributed by atoms with Gasteiger partial charge >= 0.3 is 0 Å². The molecule has 3 heteroatoms. The van der Waals surface area contributed by atoms with Crippen LogP contribution in [0.4, 0.5) is 0 Å². The minimum atomic E-state index is 0.300. The topological polar surface area (TPSA) is 38.7 Å². The first-order chi connectivity index (χ1) is 23.2. The van der Waals surface area contributed by atoms with Crippen LogP contribution in [0.5, 0.6) is 0 Å². The Labute approximate surface area is 275 Å². The van der Waals surface area contributed by atoms with Crippen molar-refractivity contribution in [1.82, 2.24) is 15.0 Å². The van der Waals surface area contributed by atoms with Crippen LogP contribution >= 0.6 is 0 Å². The Balaban J connectivity index is 1.26. The number of rotatable bonds is 5. The molecule has 0 fully saturated rings. The summed E-state index contributed by atoms with van der Waals surface area (Å²) in [5, 5.41) is 0. The first-order valence-electron chi connectivity index (χ1n) is 16.2. The fourth-order valence-electron chi connectivity index (χ4n) is 7.23. The van der Waals surface area contributed by atoms with E-state index in [4.69, 9.17) is 15.0 Å². The van der Waals surface area contributed by atoms with Crippen LogP contribution in [0.25, 0.3) is 50.9 Å². The third kappa shape index (κ3) is 4.88. The van der Waals surface area contributed by atoms with Gasteiger partial charge in [0, 0.05) is 28.5 Å². The Morgan fingerprint density at radius 3 is 1.66 bits per heavy atom. The zero-order chi connectivity index (χ0) is 31.3. The van der Waals surface area contributed by atoms with Crippen molar-refractivity contribution in [2.24, 2.45) is 11.8 Å². The van der Waals surface area contributed by atoms with E-state index in [0.29, 0.717) is 29.3 Å². The molecular weight excluding hydrogens is 571 g/mol. The summed E-state index contributed by atoms with van der Waals surface area (Å²) in [7, 11) is 0. The highest BCUT2D eigenvalue weighted by atomic mass is 15.0. The molecule has 222 valence electrons. The number of benzene rings is 4. The zero-order valence-electron chi connectivity index (χ0n) is 26.0. The molecule has 1 aromatic heterocycles. The van der Waals surface area contributed by atoms with Crippen LogP contribution < -0.4 is 0 Å². The summed E-state index contributed by atoms with van der Waals surface area (Å²) in [4.78, 5) is 15.1. The summed E-state index contributed by atoms with van der Waals surface area (Å²) in [5.41, 5.74) is 14.3. The summed E-state index contributed by atoms with van der Waals surface area (Å²) < 4.78 is 0. The lowest BCUT2D eigenvalue weighted by Crippen LogP contribution is -2.29. The Bertz CT molecular complexity index is 2220. The van der Waals surface area contributed by atoms with Gasteiger partial charge in [0.15, 0.2) is 17.5 Å². The maximum Gasteiger partial charge on any atom is 0.164 e. The van der Waals surface area contributed by atoms with E-state index in [2.05, 4.69) is 128 Å². The van der Waals surface area contributed by atoms with Crippen LogP contribution in [0.15, 0.2) is 180 Å². The van der Waals surface area contributed by atoms with Gasteiger partial charge < -0.3 is 0 Å². The highest BCUT2D eigenvalue weighted by Crippen LogP contribution is 2.51. The molecular formula is C44H31N3. The standard InChI is InChI=1S/C44H31N3/c1-28-15-17-29(18-16-28)35-25-36(38-23-21-32-20-19-30-13-8-14-31-22-24-39(38)41(32)40(30)31)27-37(26-35)44-46-42(33-9-4-2-5-10-33)45-43(47-44)34-11-6-3-7-12-34/h2-27,40-41H,1H3. The number of aromatic nitrogens is 3. The van der Waals surface area contributed by atoms with Crippen molar-refractivity contribution in [1.29, 1.82) is 0 Å². The van der Waals surface area contributed by atoms with Crippen molar-refractivity contribution in [2.75, 3.05) is 0 Å². The summed E-state index contributed by atoms with van der Waals surface area (Å²) in [6.07, 6.45) is 20.6. The van der Waals surface area contributed by atoms with Gasteiger partial charge in [-0.3, -0.25) is 0 Å². The number of nitrogens with zero attached hydrogens (tertiary/aromatic N) is 3. The molecule has 1 heterocycles. The highest BCUT2D eigenvalue weighted by molar-refractivity contribution is 5.88. The average molecular weight is 602 g/mol. The van der Waals surface area contributed by atoms with Crippen molar-refractivity contribution in [3.63, 3.8) is 0 Å². The quantitative estimate of drug-likeness (QED) is 0.201. The highest BCUT2D eigenvalue weighted by Gasteiger charge is 2.38. The predicted octanol–water partition coefficient (Wildman–Crippen LogP) is 10.3. The molecule has 0 aliphatic heterocycles. The smallest absolute Gasteiger partial charge is 0.164 e. The summed E-state index contributed by atoms with van der Waals surface area (Å²) in [5.74, 6) is 2.63. The normalized spacial score (nSPS) is 18.8. The van der Waals surface area contributed by atoms with Crippen LogP contribution in [0.3, 0.4) is 0 Å². The largest absolute Gasteiger partial charge is 0.208 e. The second kappa shape index (κ2) is 11.1. The molecule has 0 N–H and O–H groups in total. The lowest BCUT2D eigenvalue weighted by Gasteiger charge is -2.40. The molecule has 2 unspecified atom stereocenters. The SMILES string of the molecule is Cc1ccc(-c2cc(C3=C4C=CC5=CC=CC6=CC=C(C=C3)C4C56)cc(-c3nc(-c4ccccc4)nc(-c4ccccc4)n3)c2)cc1. The van der Waals surface area contributed by atoms with Crippen molar-refractivity contribution >= 4 is 5.57 Å². The first-order valence-corrected chi connectivity index (χ1v) is 16.2. The molecule has 4 aliphatic rings. The third-order valence-electron chi connectivity index (χ3n) is 9.59. The molecule has 0 saturated carbocycles. The van der Waals surface area contributed by atoms with E-state index in [9.17, 15) is 0 Å². The molecule has 2 atom stereocenters. The Hall–Kier alpha value is -5.93. The van der Waals surface area contributed by atoms with Crippen LogP contribution in [0.1, 0.15) is 11.1 Å². The van der Waals surface area contributed by atoms with Gasteiger partial charge in [-0.15, -0.1) is 0 Å². The Morgan fingerprint density at radius 2 is 0.979 bits per heavy atom. The monoisotopic (exact) mass is 601 g/mol. The summed E-state index contributed by atoms with van der Waals surface area (Å²) in [6, 6.07) is 35.9. The first kappa shape index (κ1) is 27.4. The van der Waals surface area contributed by atoms with Gasteiger partial charge in [0.25, 0.3) is 0 Å². The molecule has 0 spiro atoms. The Kier molecular flexibility index (Phi) is 6.50. The molecule has 0 radical (unpaired) electrons. The molecule has 3 nitrogen and oxygen atoms in total. The maximum atomic E-state index is 5.10. The molecule has 0 amide bonds. The van der Waals surface area contributed by atoms with Crippen LogP contribution in [0.2, 0.25) is 0 Å². The van der Waals surface area contributed by atoms with E-state index >= 15 is 0 Å². The molecule has 0 saturated heterocycles. The molecule has 9 rings (SSSR count). The van der Waals surface area contributed by atoms with E-state index in [-0.39, 0.29) is 0 Å². The lowest BCUT2D eigenvalue weighted by atomic mass is 9.63. The van der Waals surface area contributed by atoms with E-state index in [0.717, 1.165) is 33.4 Å². The van der Waals surface area contributed by atoms with E-state index in [1.54, 1.807) is 0 Å². The van der Waals surface area contributed by atoms with Gasteiger partial charge in [-0.05, 0) is 69.7 Å². The van der Waals surface area contributed by atoms with Crippen LogP contribution in [-0.4, -0.2) is 15.0 Å². The van der Waals surface area contributed by atoms with Crippen molar-refractivity contribution < 1.29 is 0 Å². The van der Waals surface area contributed by atoms with E-state index < -0.39 is 0 Å². The number of hydrogen-bond acceptors (Lipinski definition) is 3. The van der Waals surface area contributed by atoms with Crippen LogP contribution in [0, 0.1) is 18.8 Å². The van der Waals surface area contributed by atoms with Crippen molar-refractivity contribution in [2.45, 2.75) is 6.92 Å². The van der Waals surface area contributed by atoms with Crippen molar-refractivity contribution in [3.8, 4) is 45.3 Å². The number of hydrogen-bond donors (Lipinski definition) is 0. The molecule has 5 aromatic rings. The second-order valence-electron chi connectivity index (χ2n) is 12.6. The van der Waals surface area contributed by atoms with Crippen molar-refractivity contribution in [3.05, 3.63) is 191 Å². The molecule has 0 bridgehead atoms. The van der Waals surface area contributed by atoms with E-state index in [1.807, 2.05) is 36.4 Å². The zero-order valence-corrected chi connectivity index (χ0v) is 26.0. The van der Waals surface area contributed by atoms with Gasteiger partial charge in [-0.25, -0.2) is 15.0 Å². The minimum Gasteiger partial charge on any atom is -0.208 e. The van der Waals surface area contributed by atoms with Gasteiger partial charge in [-0.2, -0.15) is 0 Å². The Morgan fingerprint density at radius 1 is 0.426 bits per heavy atom. The number of aryl methyl sites for hydroxylation is 1. The maximum absolute atomic E-state index is 5.10. The third-order valence-corrected chi connectivity index (χ3v) is 9.59.